The monoisotopic (exact) mass is 463 g/mol. The maximum absolute atomic E-state index is 13.3. The van der Waals surface area contributed by atoms with Crippen LogP contribution < -0.4 is 5.32 Å². The van der Waals surface area contributed by atoms with Crippen LogP contribution in [0.5, 0.6) is 0 Å². The average Bonchev–Trinajstić information content (AvgIpc) is 3.61. The minimum Gasteiger partial charge on any atom is -0.347 e. The van der Waals surface area contributed by atoms with E-state index in [9.17, 15) is 4.79 Å². The molecule has 4 aromatic heterocycles. The molecule has 0 spiro atoms. The van der Waals surface area contributed by atoms with Gasteiger partial charge in [0.1, 0.15) is 16.9 Å². The molecule has 4 N–H and O–H groups in total. The van der Waals surface area contributed by atoms with Gasteiger partial charge in [0.15, 0.2) is 0 Å². The first-order valence-corrected chi connectivity index (χ1v) is 11.1. The first-order valence-electron chi connectivity index (χ1n) is 11.1. The molecule has 0 fully saturated rings. The Balaban J connectivity index is 1.32. The van der Waals surface area contributed by atoms with E-state index < -0.39 is 0 Å². The SMILES string of the molecule is Cn1c(C(=O)NCc2cccc3[nH]ncc23)c(C=N)c2ccc(Cc3cccc4nn[nH]c34)nc21. The first-order chi connectivity index (χ1) is 17.1. The Hall–Kier alpha value is -4.86. The van der Waals surface area contributed by atoms with Crippen LogP contribution in [0.15, 0.2) is 54.7 Å². The highest BCUT2D eigenvalue weighted by Gasteiger charge is 2.21. The van der Waals surface area contributed by atoms with E-state index in [1.54, 1.807) is 17.8 Å². The number of nitrogens with zero attached hydrogens (tertiary/aromatic N) is 5. The van der Waals surface area contributed by atoms with Gasteiger partial charge in [0, 0.05) is 48.3 Å². The largest absolute Gasteiger partial charge is 0.347 e. The molecule has 0 bridgehead atoms. The quantitative estimate of drug-likeness (QED) is 0.281. The van der Waals surface area contributed by atoms with Gasteiger partial charge in [-0.25, -0.2) is 4.98 Å². The molecule has 1 amide bonds. The predicted molar refractivity (Wildman–Crippen MR) is 133 cm³/mol. The summed E-state index contributed by atoms with van der Waals surface area (Å²) in [6.07, 6.45) is 3.55. The number of pyridine rings is 1. The summed E-state index contributed by atoms with van der Waals surface area (Å²) in [4.78, 5) is 18.1. The fourth-order valence-electron chi connectivity index (χ4n) is 4.60. The van der Waals surface area contributed by atoms with Crippen molar-refractivity contribution in [1.82, 2.24) is 40.5 Å². The molecular weight excluding hydrogens is 442 g/mol. The lowest BCUT2D eigenvalue weighted by atomic mass is 10.1. The molecule has 2 aromatic carbocycles. The third kappa shape index (κ3) is 3.43. The molecule has 10 nitrogen and oxygen atoms in total. The summed E-state index contributed by atoms with van der Waals surface area (Å²) in [6.45, 7) is 0.343. The van der Waals surface area contributed by atoms with Gasteiger partial charge in [-0.15, -0.1) is 5.10 Å². The number of carbonyl (C=O) groups excluding carboxylic acids is 1. The normalized spacial score (nSPS) is 11.5. The zero-order valence-corrected chi connectivity index (χ0v) is 18.8. The summed E-state index contributed by atoms with van der Waals surface area (Å²) in [5.74, 6) is -0.264. The molecular formula is C25H21N9O. The van der Waals surface area contributed by atoms with Gasteiger partial charge in [0.05, 0.1) is 17.2 Å². The Morgan fingerprint density at radius 3 is 2.83 bits per heavy atom. The number of carbonyl (C=O) groups is 1. The Morgan fingerprint density at radius 2 is 1.94 bits per heavy atom. The minimum atomic E-state index is -0.264. The number of benzene rings is 2. The van der Waals surface area contributed by atoms with Crippen LogP contribution in [0.4, 0.5) is 0 Å². The zero-order chi connectivity index (χ0) is 23.9. The highest BCUT2D eigenvalue weighted by Crippen LogP contribution is 2.25. The molecule has 0 aliphatic heterocycles. The van der Waals surface area contributed by atoms with Crippen LogP contribution in [0.3, 0.4) is 0 Å². The maximum atomic E-state index is 13.3. The number of rotatable bonds is 6. The molecule has 0 unspecified atom stereocenters. The van der Waals surface area contributed by atoms with Crippen LogP contribution in [-0.2, 0) is 20.0 Å². The molecule has 0 aliphatic rings. The number of aryl methyl sites for hydroxylation is 1. The maximum Gasteiger partial charge on any atom is 0.268 e. The number of nitrogens with one attached hydrogen (secondary N) is 4. The lowest BCUT2D eigenvalue weighted by Crippen LogP contribution is -2.26. The fraction of sp³-hybridized carbons (Fsp3) is 0.120. The smallest absolute Gasteiger partial charge is 0.268 e. The Bertz CT molecular complexity index is 1740. The Morgan fingerprint density at radius 1 is 1.09 bits per heavy atom. The van der Waals surface area contributed by atoms with Gasteiger partial charge in [-0.1, -0.05) is 29.5 Å². The van der Waals surface area contributed by atoms with Gasteiger partial charge in [-0.2, -0.15) is 5.10 Å². The van der Waals surface area contributed by atoms with Crippen molar-refractivity contribution in [3.05, 3.63) is 82.8 Å². The van der Waals surface area contributed by atoms with E-state index in [4.69, 9.17) is 10.4 Å². The summed E-state index contributed by atoms with van der Waals surface area (Å²) in [5, 5.41) is 30.6. The van der Waals surface area contributed by atoms with E-state index >= 15 is 0 Å². The van der Waals surface area contributed by atoms with Gasteiger partial charge in [-0.3, -0.25) is 15.0 Å². The number of hydrogen-bond acceptors (Lipinski definition) is 6. The van der Waals surface area contributed by atoms with Crippen molar-refractivity contribution >= 4 is 45.1 Å². The van der Waals surface area contributed by atoms with E-state index in [1.807, 2.05) is 48.5 Å². The molecule has 6 rings (SSSR count). The summed E-state index contributed by atoms with van der Waals surface area (Å²) >= 11 is 0. The van der Waals surface area contributed by atoms with Gasteiger partial charge in [0.2, 0.25) is 0 Å². The number of aromatic amines is 2. The van der Waals surface area contributed by atoms with Crippen LogP contribution in [-0.4, -0.2) is 47.3 Å². The predicted octanol–water partition coefficient (Wildman–Crippen LogP) is 3.24. The van der Waals surface area contributed by atoms with Crippen molar-refractivity contribution in [2.45, 2.75) is 13.0 Å². The fourth-order valence-corrected chi connectivity index (χ4v) is 4.60. The van der Waals surface area contributed by atoms with E-state index in [-0.39, 0.29) is 5.91 Å². The van der Waals surface area contributed by atoms with E-state index in [2.05, 4.69) is 30.9 Å². The van der Waals surface area contributed by atoms with E-state index in [1.165, 1.54) is 6.21 Å². The van der Waals surface area contributed by atoms with Crippen molar-refractivity contribution in [2.75, 3.05) is 0 Å². The van der Waals surface area contributed by atoms with Crippen molar-refractivity contribution in [3.8, 4) is 0 Å². The minimum absolute atomic E-state index is 0.264. The lowest BCUT2D eigenvalue weighted by molar-refractivity contribution is 0.0943. The van der Waals surface area contributed by atoms with Gasteiger partial charge >= 0.3 is 0 Å². The molecule has 6 aromatic rings. The lowest BCUT2D eigenvalue weighted by Gasteiger charge is -2.08. The van der Waals surface area contributed by atoms with Crippen LogP contribution >= 0.6 is 0 Å². The van der Waals surface area contributed by atoms with Gasteiger partial charge in [-0.05, 0) is 35.4 Å². The van der Waals surface area contributed by atoms with E-state index in [0.29, 0.717) is 29.9 Å². The number of aromatic nitrogens is 7. The third-order valence-corrected chi connectivity index (χ3v) is 6.32. The van der Waals surface area contributed by atoms with Gasteiger partial charge in [0.25, 0.3) is 5.91 Å². The van der Waals surface area contributed by atoms with Crippen molar-refractivity contribution in [1.29, 1.82) is 5.41 Å². The molecule has 0 atom stereocenters. The number of fused-ring (bicyclic) bond motifs is 3. The van der Waals surface area contributed by atoms with Gasteiger partial charge < -0.3 is 15.3 Å². The van der Waals surface area contributed by atoms with Crippen LogP contribution in [0.2, 0.25) is 0 Å². The van der Waals surface area contributed by atoms with E-state index in [0.717, 1.165) is 44.1 Å². The molecule has 0 saturated heterocycles. The zero-order valence-electron chi connectivity index (χ0n) is 18.8. The molecule has 4 heterocycles. The Kier molecular flexibility index (Phi) is 4.84. The second kappa shape index (κ2) is 8.17. The topological polar surface area (TPSA) is 141 Å². The van der Waals surface area contributed by atoms with Crippen LogP contribution in [0, 0.1) is 5.41 Å². The van der Waals surface area contributed by atoms with Crippen LogP contribution in [0.25, 0.3) is 33.0 Å². The molecule has 10 heteroatoms. The molecule has 172 valence electrons. The standard InChI is InChI=1S/C25H21N9O/c1-34-23(25(35)27-12-15-5-3-6-20-19(15)13-28-30-20)18(11-26)17-9-8-16(29-24(17)34)10-14-4-2-7-21-22(14)32-33-31-21/h2-9,11,13,26H,10,12H2,1H3,(H,27,35)(H,28,30)(H,31,32,33). The number of hydrogen-bond donors (Lipinski definition) is 4. The molecule has 0 saturated carbocycles. The summed E-state index contributed by atoms with van der Waals surface area (Å²) in [5.41, 5.74) is 7.04. The third-order valence-electron chi connectivity index (χ3n) is 6.32. The summed E-state index contributed by atoms with van der Waals surface area (Å²) in [6, 6.07) is 15.5. The second-order valence-electron chi connectivity index (χ2n) is 8.37. The van der Waals surface area contributed by atoms with Crippen molar-refractivity contribution in [2.24, 2.45) is 7.05 Å². The highest BCUT2D eigenvalue weighted by atomic mass is 16.1. The van der Waals surface area contributed by atoms with Crippen molar-refractivity contribution < 1.29 is 4.79 Å². The average molecular weight is 464 g/mol. The highest BCUT2D eigenvalue weighted by molar-refractivity contribution is 6.10. The number of amides is 1. The van der Waals surface area contributed by atoms with Crippen molar-refractivity contribution in [3.63, 3.8) is 0 Å². The number of H-pyrrole nitrogens is 2. The second-order valence-corrected chi connectivity index (χ2v) is 8.37. The molecule has 0 radical (unpaired) electrons. The first kappa shape index (κ1) is 20.7. The van der Waals surface area contributed by atoms with Crippen LogP contribution in [0.1, 0.15) is 32.9 Å². The number of para-hydroxylation sites is 1. The summed E-state index contributed by atoms with van der Waals surface area (Å²) in [7, 11) is 1.80. The Labute approximate surface area is 198 Å². The molecule has 35 heavy (non-hydrogen) atoms. The summed E-state index contributed by atoms with van der Waals surface area (Å²) < 4.78 is 1.76. The molecule has 0 aliphatic carbocycles.